The number of halogens is 3. The maximum absolute atomic E-state index is 14.5. The average Bonchev–Trinajstić information content (AvgIpc) is 3.47. The first kappa shape index (κ1) is 19.3. The first-order valence-electron chi connectivity index (χ1n) is 8.40. The van der Waals surface area contributed by atoms with Crippen LogP contribution in [0.4, 0.5) is 30.2 Å². The maximum Gasteiger partial charge on any atom is 0.235 e. The molecule has 1 aliphatic carbocycles. The smallest absolute Gasteiger partial charge is 0.235 e. The predicted octanol–water partition coefficient (Wildman–Crippen LogP) is 4.32. The lowest BCUT2D eigenvalue weighted by Gasteiger charge is -2.19. The molecule has 0 heterocycles. The molecule has 0 bridgehead atoms. The number of anilines is 3. The minimum absolute atomic E-state index is 0.120. The number of benzene rings is 2. The van der Waals surface area contributed by atoms with Crippen molar-refractivity contribution in [3.63, 3.8) is 0 Å². The minimum atomic E-state index is -3.79. The summed E-state index contributed by atoms with van der Waals surface area (Å²) >= 11 is 0. The van der Waals surface area contributed by atoms with Crippen molar-refractivity contribution in [2.45, 2.75) is 31.4 Å². The molecule has 0 aliphatic heterocycles. The van der Waals surface area contributed by atoms with Crippen molar-refractivity contribution in [1.29, 1.82) is 0 Å². The Morgan fingerprint density at radius 1 is 1.11 bits per heavy atom. The molecule has 1 saturated carbocycles. The summed E-state index contributed by atoms with van der Waals surface area (Å²) in [6, 6.07) is 5.02. The van der Waals surface area contributed by atoms with E-state index in [-0.39, 0.29) is 17.1 Å². The van der Waals surface area contributed by atoms with Crippen LogP contribution in [-0.4, -0.2) is 20.8 Å². The molecule has 0 saturated heterocycles. The van der Waals surface area contributed by atoms with Crippen LogP contribution < -0.4 is 14.8 Å². The van der Waals surface area contributed by atoms with Gasteiger partial charge in [0.05, 0.1) is 18.0 Å². The summed E-state index contributed by atoms with van der Waals surface area (Å²) in [5.74, 6) is -3.49. The first-order chi connectivity index (χ1) is 12.8. The normalized spacial score (nSPS) is 14.1. The highest BCUT2D eigenvalue weighted by molar-refractivity contribution is 7.93. The van der Waals surface area contributed by atoms with Crippen molar-refractivity contribution in [1.82, 2.24) is 0 Å². The van der Waals surface area contributed by atoms with Crippen molar-refractivity contribution in [2.24, 2.45) is 0 Å². The van der Waals surface area contributed by atoms with Gasteiger partial charge in [-0.25, -0.2) is 21.6 Å². The lowest BCUT2D eigenvalue weighted by atomic mass is 10.1. The summed E-state index contributed by atoms with van der Waals surface area (Å²) in [5.41, 5.74) is -0.239. The van der Waals surface area contributed by atoms with E-state index in [1.165, 1.54) is 19.2 Å². The molecule has 146 valence electrons. The van der Waals surface area contributed by atoms with Crippen molar-refractivity contribution in [3.05, 3.63) is 47.3 Å². The van der Waals surface area contributed by atoms with Gasteiger partial charge in [-0.3, -0.25) is 4.72 Å². The van der Waals surface area contributed by atoms with E-state index in [1.54, 1.807) is 6.07 Å². The predicted molar refractivity (Wildman–Crippen MR) is 97.5 cm³/mol. The zero-order chi connectivity index (χ0) is 19.8. The Morgan fingerprint density at radius 2 is 1.81 bits per heavy atom. The van der Waals surface area contributed by atoms with Crippen molar-refractivity contribution >= 4 is 27.1 Å². The van der Waals surface area contributed by atoms with E-state index >= 15 is 0 Å². The number of sulfonamides is 1. The molecule has 0 unspecified atom stereocenters. The van der Waals surface area contributed by atoms with Crippen molar-refractivity contribution in [2.75, 3.05) is 17.1 Å². The Bertz CT molecular complexity index is 976. The summed E-state index contributed by atoms with van der Waals surface area (Å²) in [5, 5.41) is 1.87. The van der Waals surface area contributed by atoms with Crippen molar-refractivity contribution in [3.8, 4) is 5.75 Å². The Balaban J connectivity index is 2.08. The van der Waals surface area contributed by atoms with Gasteiger partial charge in [0.15, 0.2) is 11.6 Å². The fourth-order valence-electron chi connectivity index (χ4n) is 2.60. The summed E-state index contributed by atoms with van der Waals surface area (Å²) in [7, 11) is -2.59. The van der Waals surface area contributed by atoms with Gasteiger partial charge in [-0.15, -0.1) is 0 Å². The Kier molecular flexibility index (Phi) is 5.23. The summed E-state index contributed by atoms with van der Waals surface area (Å²) in [4.78, 5) is 0. The molecule has 0 aromatic heterocycles. The molecule has 0 amide bonds. The molecule has 2 aromatic rings. The van der Waals surface area contributed by atoms with Crippen LogP contribution in [0.1, 0.15) is 25.3 Å². The van der Waals surface area contributed by atoms with Gasteiger partial charge in [0.2, 0.25) is 10.0 Å². The van der Waals surface area contributed by atoms with E-state index in [2.05, 4.69) is 10.0 Å². The van der Waals surface area contributed by atoms with E-state index in [9.17, 15) is 21.6 Å². The van der Waals surface area contributed by atoms with Crippen LogP contribution >= 0.6 is 0 Å². The number of hydrogen-bond donors (Lipinski definition) is 2. The fourth-order valence-corrected chi connectivity index (χ4v) is 4.01. The molecule has 9 heteroatoms. The maximum atomic E-state index is 14.5. The average molecular weight is 400 g/mol. The molecule has 0 spiro atoms. The standard InChI is InChI=1S/C18H19F3N2O3S/c1-3-10-4-7-14(12(19)8-10)22-18-16(21)13(20)9-15(26-2)17(18)23-27(24,25)11-5-6-11/h4,7-9,11,22-23H,3,5-6H2,1-2H3. The lowest BCUT2D eigenvalue weighted by molar-refractivity contribution is 0.409. The van der Waals surface area contributed by atoms with Crippen LogP contribution in [0.5, 0.6) is 5.75 Å². The SMILES string of the molecule is CCc1ccc(Nc2c(F)c(F)cc(OC)c2NS(=O)(=O)C2CC2)c(F)c1. The van der Waals surface area contributed by atoms with Crippen molar-refractivity contribution < 1.29 is 26.3 Å². The Hall–Kier alpha value is -2.42. The number of rotatable bonds is 7. The number of hydrogen-bond acceptors (Lipinski definition) is 4. The van der Waals surface area contributed by atoms with Crippen LogP contribution in [0.3, 0.4) is 0 Å². The van der Waals surface area contributed by atoms with Gasteiger partial charge in [0.1, 0.15) is 22.9 Å². The van der Waals surface area contributed by atoms with Gasteiger partial charge in [0, 0.05) is 6.07 Å². The van der Waals surface area contributed by atoms with Gasteiger partial charge in [0.25, 0.3) is 0 Å². The molecular weight excluding hydrogens is 381 g/mol. The van der Waals surface area contributed by atoms with Crippen LogP contribution in [0.25, 0.3) is 0 Å². The molecule has 1 aliphatic rings. The molecule has 0 atom stereocenters. The van der Waals surface area contributed by atoms with Crippen LogP contribution in [0, 0.1) is 17.5 Å². The highest BCUT2D eigenvalue weighted by atomic mass is 32.2. The van der Waals surface area contributed by atoms with E-state index in [4.69, 9.17) is 4.74 Å². The molecule has 27 heavy (non-hydrogen) atoms. The van der Waals surface area contributed by atoms with E-state index in [1.807, 2.05) is 6.92 Å². The largest absolute Gasteiger partial charge is 0.494 e. The zero-order valence-electron chi connectivity index (χ0n) is 14.8. The molecule has 1 fully saturated rings. The monoisotopic (exact) mass is 400 g/mol. The van der Waals surface area contributed by atoms with Gasteiger partial charge < -0.3 is 10.1 Å². The number of ether oxygens (including phenoxy) is 1. The van der Waals surface area contributed by atoms with Gasteiger partial charge >= 0.3 is 0 Å². The quantitative estimate of drug-likeness (QED) is 0.726. The lowest BCUT2D eigenvalue weighted by Crippen LogP contribution is -2.19. The third kappa shape index (κ3) is 3.97. The Morgan fingerprint density at radius 3 is 2.37 bits per heavy atom. The minimum Gasteiger partial charge on any atom is -0.494 e. The van der Waals surface area contributed by atoms with Gasteiger partial charge in [-0.2, -0.15) is 0 Å². The van der Waals surface area contributed by atoms with Gasteiger partial charge in [-0.05, 0) is 37.0 Å². The highest BCUT2D eigenvalue weighted by Gasteiger charge is 2.37. The zero-order valence-corrected chi connectivity index (χ0v) is 15.6. The molecule has 5 nitrogen and oxygen atoms in total. The molecule has 3 rings (SSSR count). The third-order valence-corrected chi connectivity index (χ3v) is 6.15. The topological polar surface area (TPSA) is 67.4 Å². The molecular formula is C18H19F3N2O3S. The van der Waals surface area contributed by atoms with Crippen LogP contribution in [0.2, 0.25) is 0 Å². The van der Waals surface area contributed by atoms with Crippen LogP contribution in [-0.2, 0) is 16.4 Å². The number of methoxy groups -OCH3 is 1. The molecule has 2 N–H and O–H groups in total. The first-order valence-corrected chi connectivity index (χ1v) is 9.94. The second kappa shape index (κ2) is 7.30. The van der Waals surface area contributed by atoms with E-state index in [0.29, 0.717) is 19.3 Å². The highest BCUT2D eigenvalue weighted by Crippen LogP contribution is 2.41. The second-order valence-corrected chi connectivity index (χ2v) is 8.22. The Labute approximate surface area is 155 Å². The van der Waals surface area contributed by atoms with Gasteiger partial charge in [-0.1, -0.05) is 13.0 Å². The summed E-state index contributed by atoms with van der Waals surface area (Å²) in [6.07, 6.45) is 1.57. The van der Waals surface area contributed by atoms with E-state index in [0.717, 1.165) is 11.6 Å². The summed E-state index contributed by atoms with van der Waals surface area (Å²) in [6.45, 7) is 1.85. The molecule has 2 aromatic carbocycles. The fraction of sp³-hybridized carbons (Fsp3) is 0.333. The van der Waals surface area contributed by atoms with E-state index < -0.39 is 38.4 Å². The second-order valence-electron chi connectivity index (χ2n) is 6.26. The summed E-state index contributed by atoms with van der Waals surface area (Å²) < 4.78 is 74.6. The third-order valence-electron chi connectivity index (χ3n) is 4.31. The van der Waals surface area contributed by atoms with Crippen LogP contribution in [0.15, 0.2) is 24.3 Å². The molecule has 0 radical (unpaired) electrons. The number of aryl methyl sites for hydroxylation is 1. The number of nitrogens with one attached hydrogen (secondary N) is 2.